The molecule has 0 fully saturated rings. The molecule has 98 valence electrons. The van der Waals surface area contributed by atoms with Crippen LogP contribution in [0.1, 0.15) is 37.6 Å². The van der Waals surface area contributed by atoms with Crippen molar-refractivity contribution in [2.75, 3.05) is 12.3 Å². The first-order valence-electron chi connectivity index (χ1n) is 6.15. The van der Waals surface area contributed by atoms with Crippen molar-refractivity contribution in [3.8, 4) is 0 Å². The van der Waals surface area contributed by atoms with Crippen LogP contribution in [-0.4, -0.2) is 28.1 Å². The Hall–Kier alpha value is -0.0600. The van der Waals surface area contributed by atoms with Crippen LogP contribution in [-0.2, 0) is 6.42 Å². The van der Waals surface area contributed by atoms with Crippen molar-refractivity contribution < 1.29 is 0 Å². The van der Waals surface area contributed by atoms with Gasteiger partial charge in [-0.25, -0.2) is 4.98 Å². The number of aryl methyl sites for hydroxylation is 1. The summed E-state index contributed by atoms with van der Waals surface area (Å²) in [5, 5.41) is 4.80. The van der Waals surface area contributed by atoms with Crippen LogP contribution < -0.4 is 5.32 Å². The Bertz CT molecular complexity index is 328. The highest BCUT2D eigenvalue weighted by Gasteiger charge is 2.12. The van der Waals surface area contributed by atoms with E-state index in [2.05, 4.69) is 44.9 Å². The monoisotopic (exact) mass is 272 g/mol. The molecule has 0 radical (unpaired) electrons. The fraction of sp³-hybridized carbons (Fsp3) is 0.769. The Kier molecular flexibility index (Phi) is 5.97. The van der Waals surface area contributed by atoms with Crippen LogP contribution in [0, 0.1) is 6.92 Å². The molecule has 1 rings (SSSR count). The van der Waals surface area contributed by atoms with E-state index in [9.17, 15) is 0 Å². The average molecular weight is 272 g/mol. The van der Waals surface area contributed by atoms with Crippen molar-refractivity contribution in [2.24, 2.45) is 0 Å². The largest absolute Gasteiger partial charge is 0.313 e. The SMILES string of the molecule is Cc1cnc(CCN[C@H](C)CSC(C)(C)C)s1. The summed E-state index contributed by atoms with van der Waals surface area (Å²) >= 11 is 3.82. The van der Waals surface area contributed by atoms with Gasteiger partial charge in [0, 0.05) is 40.6 Å². The van der Waals surface area contributed by atoms with Crippen LogP contribution >= 0.6 is 23.1 Å². The number of aromatic nitrogens is 1. The van der Waals surface area contributed by atoms with E-state index < -0.39 is 0 Å². The van der Waals surface area contributed by atoms with E-state index in [0.717, 1.165) is 13.0 Å². The molecule has 2 nitrogen and oxygen atoms in total. The normalized spacial score (nSPS) is 13.9. The van der Waals surface area contributed by atoms with E-state index in [1.807, 2.05) is 18.0 Å². The van der Waals surface area contributed by atoms with Crippen molar-refractivity contribution in [1.29, 1.82) is 0 Å². The van der Waals surface area contributed by atoms with E-state index in [4.69, 9.17) is 0 Å². The summed E-state index contributed by atoms with van der Waals surface area (Å²) in [5.41, 5.74) is 0. The van der Waals surface area contributed by atoms with Crippen molar-refractivity contribution in [1.82, 2.24) is 10.3 Å². The number of nitrogens with zero attached hydrogens (tertiary/aromatic N) is 1. The van der Waals surface area contributed by atoms with Crippen LogP contribution in [0.15, 0.2) is 6.20 Å². The van der Waals surface area contributed by atoms with Crippen molar-refractivity contribution >= 4 is 23.1 Å². The molecule has 0 spiro atoms. The van der Waals surface area contributed by atoms with E-state index in [1.165, 1.54) is 15.6 Å². The fourth-order valence-corrected chi connectivity index (χ4v) is 3.03. The topological polar surface area (TPSA) is 24.9 Å². The Morgan fingerprint density at radius 2 is 2.18 bits per heavy atom. The third kappa shape index (κ3) is 7.06. The number of hydrogen-bond donors (Lipinski definition) is 1. The summed E-state index contributed by atoms with van der Waals surface area (Å²) in [7, 11) is 0. The summed E-state index contributed by atoms with van der Waals surface area (Å²) in [5.74, 6) is 1.17. The third-order valence-corrected chi connectivity index (χ3v) is 4.77. The lowest BCUT2D eigenvalue weighted by Gasteiger charge is -2.21. The molecule has 0 amide bonds. The lowest BCUT2D eigenvalue weighted by molar-refractivity contribution is 0.594. The van der Waals surface area contributed by atoms with Gasteiger partial charge in [-0.3, -0.25) is 0 Å². The second-order valence-electron chi connectivity index (χ2n) is 5.39. The minimum atomic E-state index is 0.363. The summed E-state index contributed by atoms with van der Waals surface area (Å²) < 4.78 is 0.363. The molecule has 1 atom stereocenters. The van der Waals surface area contributed by atoms with Gasteiger partial charge in [0.15, 0.2) is 0 Å². The molecular formula is C13H24N2S2. The van der Waals surface area contributed by atoms with E-state index in [0.29, 0.717) is 10.8 Å². The van der Waals surface area contributed by atoms with Crippen molar-refractivity contribution in [3.05, 3.63) is 16.1 Å². The minimum Gasteiger partial charge on any atom is -0.313 e. The summed E-state index contributed by atoms with van der Waals surface area (Å²) in [6.07, 6.45) is 3.00. The second-order valence-corrected chi connectivity index (χ2v) is 8.56. The van der Waals surface area contributed by atoms with Gasteiger partial charge < -0.3 is 5.32 Å². The number of thioether (sulfide) groups is 1. The smallest absolute Gasteiger partial charge is 0.0940 e. The standard InChI is InChI=1S/C13H24N2S2/c1-10(9-16-13(3,4)5)14-7-6-12-15-8-11(2)17-12/h8,10,14H,6-7,9H2,1-5H3/t10-/m1/s1. The predicted molar refractivity (Wildman–Crippen MR) is 80.2 cm³/mol. The van der Waals surface area contributed by atoms with Gasteiger partial charge in [0.25, 0.3) is 0 Å². The van der Waals surface area contributed by atoms with Crippen LogP contribution in [0.4, 0.5) is 0 Å². The van der Waals surface area contributed by atoms with Crippen molar-refractivity contribution in [2.45, 2.75) is 51.8 Å². The molecule has 0 aliphatic heterocycles. The van der Waals surface area contributed by atoms with Gasteiger partial charge in [-0.15, -0.1) is 11.3 Å². The Balaban J connectivity index is 2.14. The molecular weight excluding hydrogens is 248 g/mol. The summed E-state index contributed by atoms with van der Waals surface area (Å²) in [6.45, 7) is 12.2. The van der Waals surface area contributed by atoms with Crippen LogP contribution in [0.2, 0.25) is 0 Å². The molecule has 1 heterocycles. The van der Waals surface area contributed by atoms with Gasteiger partial charge in [0.2, 0.25) is 0 Å². The number of rotatable bonds is 6. The Morgan fingerprint density at radius 1 is 1.47 bits per heavy atom. The zero-order chi connectivity index (χ0) is 12.9. The molecule has 1 N–H and O–H groups in total. The van der Waals surface area contributed by atoms with Gasteiger partial charge in [-0.05, 0) is 13.8 Å². The number of hydrogen-bond acceptors (Lipinski definition) is 4. The first-order chi connectivity index (χ1) is 7.87. The maximum Gasteiger partial charge on any atom is 0.0940 e. The zero-order valence-electron chi connectivity index (χ0n) is 11.5. The average Bonchev–Trinajstić information content (AvgIpc) is 2.60. The summed E-state index contributed by atoms with van der Waals surface area (Å²) in [6, 6.07) is 0.570. The molecule has 0 unspecified atom stereocenters. The predicted octanol–water partition coefficient (Wildman–Crippen LogP) is 3.50. The molecule has 0 aliphatic carbocycles. The Morgan fingerprint density at radius 3 is 2.71 bits per heavy atom. The van der Waals surface area contributed by atoms with E-state index >= 15 is 0 Å². The van der Waals surface area contributed by atoms with E-state index in [-0.39, 0.29) is 0 Å². The van der Waals surface area contributed by atoms with Gasteiger partial charge in [-0.1, -0.05) is 20.8 Å². The molecule has 0 bridgehead atoms. The third-order valence-electron chi connectivity index (χ3n) is 2.27. The van der Waals surface area contributed by atoms with Gasteiger partial charge in [0.05, 0.1) is 5.01 Å². The molecule has 0 aromatic carbocycles. The first-order valence-corrected chi connectivity index (χ1v) is 7.96. The highest BCUT2D eigenvalue weighted by Crippen LogP contribution is 2.23. The van der Waals surface area contributed by atoms with Gasteiger partial charge in [0.1, 0.15) is 0 Å². The quantitative estimate of drug-likeness (QED) is 0.858. The molecule has 4 heteroatoms. The maximum absolute atomic E-state index is 4.37. The molecule has 0 aliphatic rings. The number of thiazole rings is 1. The van der Waals surface area contributed by atoms with Crippen LogP contribution in [0.3, 0.4) is 0 Å². The Labute approximate surface area is 114 Å². The minimum absolute atomic E-state index is 0.363. The highest BCUT2D eigenvalue weighted by molar-refractivity contribution is 8.00. The molecule has 17 heavy (non-hydrogen) atoms. The second kappa shape index (κ2) is 6.76. The molecule has 1 aromatic heterocycles. The van der Waals surface area contributed by atoms with E-state index in [1.54, 1.807) is 11.3 Å². The highest BCUT2D eigenvalue weighted by atomic mass is 32.2. The zero-order valence-corrected chi connectivity index (χ0v) is 13.2. The van der Waals surface area contributed by atoms with Gasteiger partial charge >= 0.3 is 0 Å². The fourth-order valence-electron chi connectivity index (χ4n) is 1.38. The maximum atomic E-state index is 4.37. The number of nitrogens with one attached hydrogen (secondary N) is 1. The lowest BCUT2D eigenvalue weighted by Crippen LogP contribution is -2.31. The van der Waals surface area contributed by atoms with Crippen molar-refractivity contribution in [3.63, 3.8) is 0 Å². The first kappa shape index (κ1) is 15.0. The molecule has 0 saturated carbocycles. The van der Waals surface area contributed by atoms with Crippen LogP contribution in [0.5, 0.6) is 0 Å². The molecule has 0 saturated heterocycles. The summed E-state index contributed by atoms with van der Waals surface area (Å²) in [4.78, 5) is 5.67. The van der Waals surface area contributed by atoms with Gasteiger partial charge in [-0.2, -0.15) is 11.8 Å². The van der Waals surface area contributed by atoms with Crippen LogP contribution in [0.25, 0.3) is 0 Å². The lowest BCUT2D eigenvalue weighted by atomic mass is 10.3. The molecule has 1 aromatic rings.